The van der Waals surface area contributed by atoms with E-state index in [4.69, 9.17) is 0 Å². The van der Waals surface area contributed by atoms with Gasteiger partial charge in [-0.05, 0) is 72.4 Å². The van der Waals surface area contributed by atoms with E-state index >= 15 is 0 Å². The third-order valence-corrected chi connectivity index (χ3v) is 4.57. The van der Waals surface area contributed by atoms with Crippen LogP contribution >= 0.6 is 0 Å². The van der Waals surface area contributed by atoms with Crippen molar-refractivity contribution in [2.45, 2.75) is 76.9 Å². The van der Waals surface area contributed by atoms with Crippen molar-refractivity contribution in [2.24, 2.45) is 0 Å². The molecule has 2 heteroatoms. The first-order chi connectivity index (χ1) is 7.61. The molecular weight excluding hydrogens is 196 g/mol. The minimum Gasteiger partial charge on any atom is -0.312 e. The van der Waals surface area contributed by atoms with Crippen molar-refractivity contribution in [1.82, 2.24) is 10.2 Å². The predicted molar refractivity (Wildman–Crippen MR) is 69.7 cm³/mol. The minimum absolute atomic E-state index is 0.450. The van der Waals surface area contributed by atoms with E-state index in [-0.39, 0.29) is 0 Å². The minimum atomic E-state index is 0.450. The van der Waals surface area contributed by atoms with Gasteiger partial charge in [-0.1, -0.05) is 0 Å². The molecule has 2 atom stereocenters. The Labute approximate surface area is 101 Å². The van der Waals surface area contributed by atoms with Crippen LogP contribution in [0.25, 0.3) is 0 Å². The maximum Gasteiger partial charge on any atom is 0.0154 e. The van der Waals surface area contributed by atoms with Gasteiger partial charge in [-0.2, -0.15) is 0 Å². The van der Waals surface area contributed by atoms with Crippen LogP contribution in [0.5, 0.6) is 0 Å². The van der Waals surface area contributed by atoms with Gasteiger partial charge in [0.2, 0.25) is 0 Å². The lowest BCUT2D eigenvalue weighted by molar-refractivity contribution is 0.182. The lowest BCUT2D eigenvalue weighted by Gasteiger charge is -2.32. The molecule has 2 fully saturated rings. The largest absolute Gasteiger partial charge is 0.312 e. The molecule has 0 radical (unpaired) electrons. The molecule has 94 valence electrons. The van der Waals surface area contributed by atoms with Gasteiger partial charge in [0.25, 0.3) is 0 Å². The van der Waals surface area contributed by atoms with Crippen LogP contribution in [-0.4, -0.2) is 35.6 Å². The zero-order valence-corrected chi connectivity index (χ0v) is 11.3. The van der Waals surface area contributed by atoms with Gasteiger partial charge in [-0.25, -0.2) is 0 Å². The molecule has 2 unspecified atom stereocenters. The summed E-state index contributed by atoms with van der Waals surface area (Å²) in [7, 11) is 0. The van der Waals surface area contributed by atoms with Crippen molar-refractivity contribution in [3.05, 3.63) is 0 Å². The van der Waals surface area contributed by atoms with Crippen LogP contribution in [0.1, 0.15) is 59.3 Å². The second-order valence-electron chi connectivity index (χ2n) is 6.26. The molecule has 0 bridgehead atoms. The molecule has 0 aliphatic carbocycles. The number of hydrogen-bond donors (Lipinski definition) is 1. The van der Waals surface area contributed by atoms with Gasteiger partial charge in [-0.15, -0.1) is 0 Å². The van der Waals surface area contributed by atoms with Gasteiger partial charge in [0.15, 0.2) is 0 Å². The molecule has 0 spiro atoms. The molecule has 2 aliphatic rings. The number of nitrogens with zero attached hydrogens (tertiary/aromatic N) is 1. The fraction of sp³-hybridized carbons (Fsp3) is 1.00. The van der Waals surface area contributed by atoms with Crippen molar-refractivity contribution in [2.75, 3.05) is 13.1 Å². The third kappa shape index (κ3) is 2.78. The van der Waals surface area contributed by atoms with E-state index in [0.717, 1.165) is 12.1 Å². The molecule has 0 aromatic rings. The SMILES string of the molecule is CC(C)N1CCCC1CCC1(C)CCCN1. The van der Waals surface area contributed by atoms with Crippen LogP contribution in [-0.2, 0) is 0 Å². The normalized spacial score (nSPS) is 36.4. The molecule has 0 aromatic heterocycles. The maximum absolute atomic E-state index is 3.68. The van der Waals surface area contributed by atoms with Crippen molar-refractivity contribution in [3.8, 4) is 0 Å². The maximum atomic E-state index is 3.68. The summed E-state index contributed by atoms with van der Waals surface area (Å²) in [5.74, 6) is 0. The molecule has 2 saturated heterocycles. The zero-order valence-electron chi connectivity index (χ0n) is 11.3. The fourth-order valence-corrected chi connectivity index (χ4v) is 3.50. The van der Waals surface area contributed by atoms with Crippen molar-refractivity contribution < 1.29 is 0 Å². The average molecular weight is 224 g/mol. The predicted octanol–water partition coefficient (Wildman–Crippen LogP) is 2.78. The number of rotatable bonds is 4. The Balaban J connectivity index is 1.80. The van der Waals surface area contributed by atoms with E-state index in [9.17, 15) is 0 Å². The van der Waals surface area contributed by atoms with E-state index in [1.165, 1.54) is 51.6 Å². The van der Waals surface area contributed by atoms with Crippen LogP contribution in [0.15, 0.2) is 0 Å². The highest BCUT2D eigenvalue weighted by Crippen LogP contribution is 2.29. The Bertz CT molecular complexity index is 219. The summed E-state index contributed by atoms with van der Waals surface area (Å²) in [4.78, 5) is 2.71. The smallest absolute Gasteiger partial charge is 0.0154 e. The van der Waals surface area contributed by atoms with Crippen molar-refractivity contribution >= 4 is 0 Å². The van der Waals surface area contributed by atoms with Gasteiger partial charge >= 0.3 is 0 Å². The monoisotopic (exact) mass is 224 g/mol. The molecular formula is C14H28N2. The number of nitrogens with one attached hydrogen (secondary N) is 1. The Morgan fingerprint density at radius 1 is 1.38 bits per heavy atom. The Morgan fingerprint density at radius 3 is 2.81 bits per heavy atom. The van der Waals surface area contributed by atoms with E-state index in [0.29, 0.717) is 5.54 Å². The number of likely N-dealkylation sites (tertiary alicyclic amines) is 1. The average Bonchev–Trinajstić information content (AvgIpc) is 2.83. The van der Waals surface area contributed by atoms with Gasteiger partial charge in [0, 0.05) is 17.6 Å². The van der Waals surface area contributed by atoms with Crippen LogP contribution in [0.3, 0.4) is 0 Å². The quantitative estimate of drug-likeness (QED) is 0.790. The second kappa shape index (κ2) is 5.05. The van der Waals surface area contributed by atoms with Gasteiger partial charge in [0.1, 0.15) is 0 Å². The molecule has 0 amide bonds. The second-order valence-corrected chi connectivity index (χ2v) is 6.26. The highest BCUT2D eigenvalue weighted by atomic mass is 15.2. The van der Waals surface area contributed by atoms with E-state index in [1.54, 1.807) is 0 Å². The Kier molecular flexibility index (Phi) is 3.91. The first kappa shape index (κ1) is 12.4. The fourth-order valence-electron chi connectivity index (χ4n) is 3.50. The van der Waals surface area contributed by atoms with Crippen LogP contribution in [0.4, 0.5) is 0 Å². The standard InChI is InChI=1S/C14H28N2/c1-12(2)16-11-4-6-13(16)7-9-14(3)8-5-10-15-14/h12-13,15H,4-11H2,1-3H3. The molecule has 1 N–H and O–H groups in total. The summed E-state index contributed by atoms with van der Waals surface area (Å²) in [5.41, 5.74) is 0.450. The molecule has 0 saturated carbocycles. The van der Waals surface area contributed by atoms with Crippen molar-refractivity contribution in [3.63, 3.8) is 0 Å². The summed E-state index contributed by atoms with van der Waals surface area (Å²) in [5, 5.41) is 3.68. The zero-order chi connectivity index (χ0) is 11.6. The van der Waals surface area contributed by atoms with Crippen molar-refractivity contribution in [1.29, 1.82) is 0 Å². The van der Waals surface area contributed by atoms with E-state index in [1.807, 2.05) is 0 Å². The molecule has 2 nitrogen and oxygen atoms in total. The summed E-state index contributed by atoms with van der Waals surface area (Å²) < 4.78 is 0. The molecule has 0 aromatic carbocycles. The Hall–Kier alpha value is -0.0800. The summed E-state index contributed by atoms with van der Waals surface area (Å²) in [6.45, 7) is 9.65. The lowest BCUT2D eigenvalue weighted by atomic mass is 9.91. The van der Waals surface area contributed by atoms with Gasteiger partial charge < -0.3 is 5.32 Å². The third-order valence-electron chi connectivity index (χ3n) is 4.57. The molecule has 2 heterocycles. The number of hydrogen-bond acceptors (Lipinski definition) is 2. The summed E-state index contributed by atoms with van der Waals surface area (Å²) >= 11 is 0. The summed E-state index contributed by atoms with van der Waals surface area (Å²) in [6, 6.07) is 1.59. The van der Waals surface area contributed by atoms with Crippen LogP contribution in [0, 0.1) is 0 Å². The van der Waals surface area contributed by atoms with Gasteiger partial charge in [-0.3, -0.25) is 4.90 Å². The molecule has 16 heavy (non-hydrogen) atoms. The Morgan fingerprint density at radius 2 is 2.19 bits per heavy atom. The van der Waals surface area contributed by atoms with E-state index in [2.05, 4.69) is 31.0 Å². The summed E-state index contributed by atoms with van der Waals surface area (Å²) in [6.07, 6.45) is 8.33. The van der Waals surface area contributed by atoms with E-state index < -0.39 is 0 Å². The highest BCUT2D eigenvalue weighted by molar-refractivity contribution is 4.91. The van der Waals surface area contributed by atoms with Crippen LogP contribution in [0.2, 0.25) is 0 Å². The first-order valence-corrected chi connectivity index (χ1v) is 7.11. The topological polar surface area (TPSA) is 15.3 Å². The lowest BCUT2D eigenvalue weighted by Crippen LogP contribution is -2.40. The highest BCUT2D eigenvalue weighted by Gasteiger charge is 2.32. The first-order valence-electron chi connectivity index (χ1n) is 7.11. The molecule has 2 rings (SSSR count). The van der Waals surface area contributed by atoms with Gasteiger partial charge in [0.05, 0.1) is 0 Å². The molecule has 2 aliphatic heterocycles. The van der Waals surface area contributed by atoms with Crippen LogP contribution < -0.4 is 5.32 Å².